The molecular weight excluding hydrogens is 192 g/mol. The molecule has 1 saturated heterocycles. The zero-order chi connectivity index (χ0) is 10.8. The van der Waals surface area contributed by atoms with Crippen LogP contribution in [0.15, 0.2) is 12.2 Å². The van der Waals surface area contributed by atoms with Gasteiger partial charge >= 0.3 is 0 Å². The van der Waals surface area contributed by atoms with Crippen molar-refractivity contribution in [3.63, 3.8) is 0 Å². The number of hydrogen-bond acceptors (Lipinski definition) is 3. The van der Waals surface area contributed by atoms with Crippen LogP contribution in [0.25, 0.3) is 0 Å². The van der Waals surface area contributed by atoms with E-state index in [9.17, 15) is 0 Å². The van der Waals surface area contributed by atoms with Crippen molar-refractivity contribution in [2.24, 2.45) is 0 Å². The Balaban J connectivity index is 1.87. The van der Waals surface area contributed by atoms with Crippen LogP contribution >= 0.6 is 0 Å². The van der Waals surface area contributed by atoms with Crippen LogP contribution in [0, 0.1) is 0 Å². The van der Waals surface area contributed by atoms with E-state index < -0.39 is 0 Å². The molecular formula is C12H22O3. The maximum atomic E-state index is 8.55. The lowest BCUT2D eigenvalue weighted by atomic mass is 10.2. The molecule has 0 saturated carbocycles. The number of aliphatic hydroxyl groups is 1. The highest BCUT2D eigenvalue weighted by Crippen LogP contribution is 2.13. The monoisotopic (exact) mass is 214 g/mol. The second-order valence-corrected chi connectivity index (χ2v) is 3.79. The Morgan fingerprint density at radius 3 is 2.87 bits per heavy atom. The van der Waals surface area contributed by atoms with E-state index in [1.807, 2.05) is 6.08 Å². The van der Waals surface area contributed by atoms with Gasteiger partial charge in [0.2, 0.25) is 0 Å². The van der Waals surface area contributed by atoms with Gasteiger partial charge in [0.25, 0.3) is 0 Å². The van der Waals surface area contributed by atoms with Crippen LogP contribution < -0.4 is 0 Å². The van der Waals surface area contributed by atoms with Crippen LogP contribution in [0.1, 0.15) is 38.5 Å². The molecule has 0 spiro atoms. The summed E-state index contributed by atoms with van der Waals surface area (Å²) in [6.45, 7) is 1.86. The Morgan fingerprint density at radius 1 is 1.27 bits per heavy atom. The van der Waals surface area contributed by atoms with E-state index in [4.69, 9.17) is 14.6 Å². The zero-order valence-electron chi connectivity index (χ0n) is 9.36. The minimum atomic E-state index is 0.0418. The number of unbranched alkanes of at least 4 members (excludes halogenated alkanes) is 1. The maximum absolute atomic E-state index is 8.55. The second-order valence-electron chi connectivity index (χ2n) is 3.79. The number of ether oxygens (including phenoxy) is 2. The lowest BCUT2D eigenvalue weighted by Gasteiger charge is -2.22. The summed E-state index contributed by atoms with van der Waals surface area (Å²) >= 11 is 0. The summed E-state index contributed by atoms with van der Waals surface area (Å²) in [5.41, 5.74) is 0. The van der Waals surface area contributed by atoms with Gasteiger partial charge in [-0.1, -0.05) is 12.2 Å². The molecule has 0 aromatic carbocycles. The van der Waals surface area contributed by atoms with Crippen molar-refractivity contribution in [1.29, 1.82) is 0 Å². The maximum Gasteiger partial charge on any atom is 0.157 e. The van der Waals surface area contributed by atoms with E-state index in [0.717, 1.165) is 38.9 Å². The average molecular weight is 214 g/mol. The first-order chi connectivity index (χ1) is 7.43. The molecule has 0 bridgehead atoms. The van der Waals surface area contributed by atoms with Gasteiger partial charge in [-0.3, -0.25) is 0 Å². The van der Waals surface area contributed by atoms with E-state index in [-0.39, 0.29) is 12.9 Å². The summed E-state index contributed by atoms with van der Waals surface area (Å²) in [6, 6.07) is 0. The van der Waals surface area contributed by atoms with Gasteiger partial charge in [-0.25, -0.2) is 0 Å². The third-order valence-corrected chi connectivity index (χ3v) is 2.42. The third kappa shape index (κ3) is 6.66. The topological polar surface area (TPSA) is 38.7 Å². The van der Waals surface area contributed by atoms with Gasteiger partial charge in [0, 0.05) is 13.2 Å². The van der Waals surface area contributed by atoms with Gasteiger partial charge in [-0.15, -0.1) is 0 Å². The van der Waals surface area contributed by atoms with E-state index in [1.54, 1.807) is 0 Å². The predicted molar refractivity (Wildman–Crippen MR) is 59.6 cm³/mol. The van der Waals surface area contributed by atoms with Crippen molar-refractivity contribution in [3.8, 4) is 0 Å². The number of hydrogen-bond donors (Lipinski definition) is 1. The van der Waals surface area contributed by atoms with Gasteiger partial charge in [-0.05, 0) is 38.5 Å². The minimum absolute atomic E-state index is 0.0418. The van der Waals surface area contributed by atoms with Crippen molar-refractivity contribution in [1.82, 2.24) is 0 Å². The number of rotatable bonds is 7. The van der Waals surface area contributed by atoms with Gasteiger partial charge < -0.3 is 14.6 Å². The van der Waals surface area contributed by atoms with Crippen molar-refractivity contribution in [3.05, 3.63) is 12.2 Å². The molecule has 1 N–H and O–H groups in total. The minimum Gasteiger partial charge on any atom is -0.396 e. The molecule has 0 radical (unpaired) electrons. The van der Waals surface area contributed by atoms with Crippen LogP contribution in [0.4, 0.5) is 0 Å². The molecule has 0 aromatic rings. The molecule has 3 heteroatoms. The molecule has 0 unspecified atom stereocenters. The Bertz CT molecular complexity index is 162. The molecule has 1 heterocycles. The Hall–Kier alpha value is -0.380. The molecule has 1 atom stereocenters. The fourth-order valence-electron chi connectivity index (χ4n) is 1.57. The van der Waals surface area contributed by atoms with Crippen LogP contribution in [0.3, 0.4) is 0 Å². The Kier molecular flexibility index (Phi) is 7.52. The summed E-state index contributed by atoms with van der Waals surface area (Å²) in [5, 5.41) is 8.55. The zero-order valence-corrected chi connectivity index (χ0v) is 9.36. The molecule has 1 aliphatic heterocycles. The van der Waals surface area contributed by atoms with Crippen molar-refractivity contribution in [2.75, 3.05) is 19.8 Å². The van der Waals surface area contributed by atoms with Crippen LogP contribution in [0.2, 0.25) is 0 Å². The highest BCUT2D eigenvalue weighted by atomic mass is 16.7. The highest BCUT2D eigenvalue weighted by Gasteiger charge is 2.12. The molecule has 88 valence electrons. The number of aliphatic hydroxyl groups excluding tert-OH is 1. The van der Waals surface area contributed by atoms with E-state index in [2.05, 4.69) is 6.08 Å². The van der Waals surface area contributed by atoms with Gasteiger partial charge in [0.05, 0.1) is 6.61 Å². The molecule has 1 rings (SSSR count). The van der Waals surface area contributed by atoms with Crippen molar-refractivity contribution in [2.45, 2.75) is 44.8 Å². The van der Waals surface area contributed by atoms with Crippen LogP contribution in [-0.2, 0) is 9.47 Å². The van der Waals surface area contributed by atoms with Gasteiger partial charge in [0.15, 0.2) is 6.29 Å². The SMILES string of the molecule is OCC/C=C\CCCO[C@@H]1CCCCO1. The fraction of sp³-hybridized carbons (Fsp3) is 0.833. The summed E-state index contributed by atoms with van der Waals surface area (Å²) in [6.07, 6.45) is 10.4. The smallest absolute Gasteiger partial charge is 0.157 e. The van der Waals surface area contributed by atoms with Crippen LogP contribution in [-0.4, -0.2) is 31.2 Å². The van der Waals surface area contributed by atoms with Crippen molar-refractivity contribution >= 4 is 0 Å². The van der Waals surface area contributed by atoms with Crippen molar-refractivity contribution < 1.29 is 14.6 Å². The average Bonchev–Trinajstić information content (AvgIpc) is 2.29. The summed E-state index contributed by atoms with van der Waals surface area (Å²) in [5.74, 6) is 0. The van der Waals surface area contributed by atoms with E-state index >= 15 is 0 Å². The molecule has 3 nitrogen and oxygen atoms in total. The van der Waals surface area contributed by atoms with E-state index in [0.29, 0.717) is 0 Å². The highest BCUT2D eigenvalue weighted by molar-refractivity contribution is 4.80. The molecule has 0 aromatic heterocycles. The molecule has 15 heavy (non-hydrogen) atoms. The van der Waals surface area contributed by atoms with Gasteiger partial charge in [0.1, 0.15) is 0 Å². The first-order valence-corrected chi connectivity index (χ1v) is 5.92. The first kappa shape index (κ1) is 12.7. The summed E-state index contributed by atoms with van der Waals surface area (Å²) < 4.78 is 11.0. The lowest BCUT2D eigenvalue weighted by Crippen LogP contribution is -2.22. The third-order valence-electron chi connectivity index (χ3n) is 2.42. The number of allylic oxidation sites excluding steroid dienone is 1. The molecule has 0 aliphatic carbocycles. The van der Waals surface area contributed by atoms with Gasteiger partial charge in [-0.2, -0.15) is 0 Å². The lowest BCUT2D eigenvalue weighted by molar-refractivity contribution is -0.162. The normalized spacial score (nSPS) is 22.3. The first-order valence-electron chi connectivity index (χ1n) is 5.92. The predicted octanol–water partition coefficient (Wildman–Crippen LogP) is 2.25. The largest absolute Gasteiger partial charge is 0.396 e. The second kappa shape index (κ2) is 8.89. The Labute approximate surface area is 92.1 Å². The van der Waals surface area contributed by atoms with Crippen LogP contribution in [0.5, 0.6) is 0 Å². The summed E-state index contributed by atoms with van der Waals surface area (Å²) in [4.78, 5) is 0. The summed E-state index contributed by atoms with van der Waals surface area (Å²) in [7, 11) is 0. The molecule has 1 aliphatic rings. The molecule has 1 fully saturated rings. The fourth-order valence-corrected chi connectivity index (χ4v) is 1.57. The quantitative estimate of drug-likeness (QED) is 0.522. The van der Waals surface area contributed by atoms with E-state index in [1.165, 1.54) is 12.8 Å². The molecule has 0 amide bonds. The Morgan fingerprint density at radius 2 is 2.13 bits per heavy atom. The standard InChI is InChI=1S/C12H22O3/c13-9-5-2-1-3-6-10-14-12-8-4-7-11-15-12/h1-2,12-13H,3-11H2/b2-1-/t12-/m0/s1.